The largest absolute Gasteiger partial charge is 0.409 e. The van der Waals surface area contributed by atoms with Gasteiger partial charge in [-0.2, -0.15) is 0 Å². The SMILES string of the molecule is N/C(=N/O)c1ccc(CNC2C3C4CCC(C4)C23)c(Cl)c1. The van der Waals surface area contributed by atoms with Crippen molar-refractivity contribution in [2.24, 2.45) is 34.6 Å². The van der Waals surface area contributed by atoms with Crippen molar-refractivity contribution < 1.29 is 5.21 Å². The molecule has 3 aliphatic rings. The minimum absolute atomic E-state index is 0.0877. The van der Waals surface area contributed by atoms with Gasteiger partial charge in [-0.15, -0.1) is 0 Å². The number of hydrogen-bond acceptors (Lipinski definition) is 3. The topological polar surface area (TPSA) is 70.6 Å². The normalized spacial score (nSPS) is 36.8. The van der Waals surface area contributed by atoms with Crippen LogP contribution in [0.2, 0.25) is 5.02 Å². The Morgan fingerprint density at radius 3 is 2.67 bits per heavy atom. The molecule has 4 atom stereocenters. The molecule has 4 rings (SSSR count). The Kier molecular flexibility index (Phi) is 3.12. The fourth-order valence-corrected chi connectivity index (χ4v) is 4.98. The van der Waals surface area contributed by atoms with E-state index in [4.69, 9.17) is 22.5 Å². The van der Waals surface area contributed by atoms with Gasteiger partial charge in [0.2, 0.25) is 0 Å². The lowest BCUT2D eigenvalue weighted by Crippen LogP contribution is -2.22. The zero-order chi connectivity index (χ0) is 14.6. The zero-order valence-electron chi connectivity index (χ0n) is 11.8. The first-order valence-electron chi connectivity index (χ1n) is 7.68. The van der Waals surface area contributed by atoms with E-state index in [1.54, 1.807) is 6.07 Å². The zero-order valence-corrected chi connectivity index (χ0v) is 12.6. The van der Waals surface area contributed by atoms with Crippen LogP contribution >= 0.6 is 11.6 Å². The maximum Gasteiger partial charge on any atom is 0.170 e. The Hall–Kier alpha value is -1.26. The van der Waals surface area contributed by atoms with E-state index in [0.717, 1.165) is 35.8 Å². The van der Waals surface area contributed by atoms with Gasteiger partial charge in [-0.05, 0) is 54.6 Å². The first kappa shape index (κ1) is 13.4. The van der Waals surface area contributed by atoms with Crippen molar-refractivity contribution in [2.45, 2.75) is 31.8 Å². The van der Waals surface area contributed by atoms with Crippen LogP contribution in [0.3, 0.4) is 0 Å². The molecule has 0 radical (unpaired) electrons. The second-order valence-corrected chi connectivity index (χ2v) is 7.09. The number of rotatable bonds is 4. The summed E-state index contributed by atoms with van der Waals surface area (Å²) in [6.45, 7) is 0.798. The van der Waals surface area contributed by atoms with Gasteiger partial charge in [-0.1, -0.05) is 28.9 Å². The van der Waals surface area contributed by atoms with Gasteiger partial charge in [0.15, 0.2) is 5.84 Å². The van der Waals surface area contributed by atoms with E-state index >= 15 is 0 Å². The van der Waals surface area contributed by atoms with Crippen molar-refractivity contribution in [3.8, 4) is 0 Å². The number of nitrogens with zero attached hydrogens (tertiary/aromatic N) is 1. The third-order valence-corrected chi connectivity index (χ3v) is 6.07. The standard InChI is InChI=1S/C16H20ClN3O/c17-12-6-10(16(18)20-21)3-4-11(12)7-19-15-13-8-1-2-9(5-8)14(13)15/h3-4,6,8-9,13-15,19,21H,1-2,5,7H2,(H2,18,20). The number of benzene rings is 1. The Balaban J connectivity index is 1.40. The molecule has 0 amide bonds. The molecular formula is C16H20ClN3O. The number of halogens is 1. The summed E-state index contributed by atoms with van der Waals surface area (Å²) in [5.41, 5.74) is 7.29. The number of oxime groups is 1. The van der Waals surface area contributed by atoms with Crippen LogP contribution in [0.5, 0.6) is 0 Å². The molecule has 5 heteroatoms. The second-order valence-electron chi connectivity index (χ2n) is 6.69. The van der Waals surface area contributed by atoms with Crippen LogP contribution in [-0.4, -0.2) is 17.1 Å². The van der Waals surface area contributed by atoms with Crippen LogP contribution in [0.4, 0.5) is 0 Å². The highest BCUT2D eigenvalue weighted by Gasteiger charge is 2.64. The lowest BCUT2D eigenvalue weighted by atomic mass is 10.0. The molecule has 3 aliphatic carbocycles. The van der Waals surface area contributed by atoms with Crippen molar-refractivity contribution in [1.29, 1.82) is 0 Å². The maximum absolute atomic E-state index is 8.69. The van der Waals surface area contributed by atoms with E-state index in [2.05, 4.69) is 10.5 Å². The molecule has 3 saturated carbocycles. The fraction of sp³-hybridized carbons (Fsp3) is 0.562. The van der Waals surface area contributed by atoms with Gasteiger partial charge in [0, 0.05) is 23.2 Å². The van der Waals surface area contributed by atoms with Crippen molar-refractivity contribution in [2.75, 3.05) is 0 Å². The monoisotopic (exact) mass is 305 g/mol. The predicted molar refractivity (Wildman–Crippen MR) is 82.4 cm³/mol. The third kappa shape index (κ3) is 2.12. The van der Waals surface area contributed by atoms with Gasteiger partial charge >= 0.3 is 0 Å². The highest BCUT2D eigenvalue weighted by Crippen LogP contribution is 2.65. The highest BCUT2D eigenvalue weighted by atomic mass is 35.5. The van der Waals surface area contributed by atoms with Gasteiger partial charge < -0.3 is 16.3 Å². The molecule has 0 heterocycles. The molecule has 3 fully saturated rings. The van der Waals surface area contributed by atoms with Gasteiger partial charge in [0.1, 0.15) is 0 Å². The maximum atomic E-state index is 8.69. The summed E-state index contributed by atoms with van der Waals surface area (Å²) in [6.07, 6.45) is 4.36. The average Bonchev–Trinajstić information content (AvgIpc) is 2.88. The predicted octanol–water partition coefficient (Wildman–Crippen LogP) is 2.57. The lowest BCUT2D eigenvalue weighted by molar-refractivity contribution is 0.318. The third-order valence-electron chi connectivity index (χ3n) is 5.72. The number of nitrogens with two attached hydrogens (primary N) is 1. The van der Waals surface area contributed by atoms with Gasteiger partial charge in [-0.25, -0.2) is 0 Å². The fourth-order valence-electron chi connectivity index (χ4n) is 4.73. The number of amidine groups is 1. The van der Waals surface area contributed by atoms with Crippen LogP contribution in [0.25, 0.3) is 0 Å². The summed E-state index contributed by atoms with van der Waals surface area (Å²) in [4.78, 5) is 0. The molecule has 0 spiro atoms. The highest BCUT2D eigenvalue weighted by molar-refractivity contribution is 6.31. The summed E-state index contributed by atoms with van der Waals surface area (Å²) in [7, 11) is 0. The minimum Gasteiger partial charge on any atom is -0.409 e. The number of nitrogens with one attached hydrogen (secondary N) is 1. The summed E-state index contributed by atoms with van der Waals surface area (Å²) < 4.78 is 0. The summed E-state index contributed by atoms with van der Waals surface area (Å²) in [6, 6.07) is 6.26. The molecule has 0 saturated heterocycles. The van der Waals surface area contributed by atoms with E-state index in [-0.39, 0.29) is 5.84 Å². The molecule has 0 aromatic heterocycles. The molecule has 112 valence electrons. The van der Waals surface area contributed by atoms with Crippen LogP contribution in [0.15, 0.2) is 23.4 Å². The minimum atomic E-state index is 0.0877. The molecule has 21 heavy (non-hydrogen) atoms. The Bertz CT molecular complexity index is 587. The van der Waals surface area contributed by atoms with E-state index in [1.165, 1.54) is 19.3 Å². The number of hydrogen-bond donors (Lipinski definition) is 3. The Labute approximate surface area is 129 Å². The summed E-state index contributed by atoms with van der Waals surface area (Å²) in [5.74, 6) is 3.91. The lowest BCUT2D eigenvalue weighted by Gasteiger charge is -2.12. The van der Waals surface area contributed by atoms with Crippen LogP contribution in [-0.2, 0) is 6.54 Å². The van der Waals surface area contributed by atoms with E-state index in [9.17, 15) is 0 Å². The van der Waals surface area contributed by atoms with E-state index < -0.39 is 0 Å². The quantitative estimate of drug-likeness (QED) is 0.346. The Morgan fingerprint density at radius 1 is 1.33 bits per heavy atom. The average molecular weight is 306 g/mol. The first-order chi connectivity index (χ1) is 10.2. The van der Waals surface area contributed by atoms with Crippen molar-refractivity contribution in [3.63, 3.8) is 0 Å². The van der Waals surface area contributed by atoms with Crippen LogP contribution in [0.1, 0.15) is 30.4 Å². The van der Waals surface area contributed by atoms with Gasteiger partial charge in [-0.3, -0.25) is 0 Å². The molecule has 1 aromatic rings. The molecular weight excluding hydrogens is 286 g/mol. The molecule has 2 bridgehead atoms. The van der Waals surface area contributed by atoms with Gasteiger partial charge in [0.05, 0.1) is 0 Å². The first-order valence-corrected chi connectivity index (χ1v) is 8.06. The summed E-state index contributed by atoms with van der Waals surface area (Å²) in [5, 5.41) is 16.0. The van der Waals surface area contributed by atoms with Crippen LogP contribution in [0, 0.1) is 23.7 Å². The molecule has 4 nitrogen and oxygen atoms in total. The van der Waals surface area contributed by atoms with Crippen LogP contribution < -0.4 is 11.1 Å². The second kappa shape index (κ2) is 4.89. The summed E-state index contributed by atoms with van der Waals surface area (Å²) >= 11 is 6.29. The molecule has 4 N–H and O–H groups in total. The van der Waals surface area contributed by atoms with Gasteiger partial charge in [0.25, 0.3) is 0 Å². The molecule has 0 aliphatic heterocycles. The smallest absolute Gasteiger partial charge is 0.170 e. The van der Waals surface area contributed by atoms with Crippen molar-refractivity contribution in [1.82, 2.24) is 5.32 Å². The molecule has 1 aromatic carbocycles. The Morgan fingerprint density at radius 2 is 2.05 bits per heavy atom. The van der Waals surface area contributed by atoms with E-state index in [0.29, 0.717) is 16.6 Å². The van der Waals surface area contributed by atoms with Crippen molar-refractivity contribution in [3.05, 3.63) is 34.3 Å². The van der Waals surface area contributed by atoms with E-state index in [1.807, 2.05) is 12.1 Å². The number of fused-ring (bicyclic) bond motifs is 5. The molecule has 4 unspecified atom stereocenters. The van der Waals surface area contributed by atoms with Crippen molar-refractivity contribution >= 4 is 17.4 Å².